The average molecular weight is 218 g/mol. The number of aryl methyl sites for hydroxylation is 1. The molecule has 0 saturated carbocycles. The molecule has 2 aromatic heterocycles. The van der Waals surface area contributed by atoms with Crippen LogP contribution in [-0.4, -0.2) is 20.7 Å². The molecule has 84 valence electrons. The van der Waals surface area contributed by atoms with Gasteiger partial charge in [-0.3, -0.25) is 4.79 Å². The normalized spacial score (nSPS) is 12.9. The van der Waals surface area contributed by atoms with Crippen LogP contribution >= 0.6 is 0 Å². The molecule has 0 aliphatic heterocycles. The smallest absolute Gasteiger partial charge is 0.306 e. The zero-order chi connectivity index (χ0) is 11.7. The largest absolute Gasteiger partial charge is 0.481 e. The first-order valence-electron chi connectivity index (χ1n) is 5.24. The van der Waals surface area contributed by atoms with E-state index < -0.39 is 11.9 Å². The van der Waals surface area contributed by atoms with Crippen LogP contribution in [0.4, 0.5) is 0 Å². The second-order valence-corrected chi connectivity index (χ2v) is 4.10. The molecule has 1 atom stereocenters. The molecule has 0 radical (unpaired) electrons. The Hall–Kier alpha value is -1.84. The second-order valence-electron chi connectivity index (χ2n) is 4.10. The zero-order valence-corrected chi connectivity index (χ0v) is 9.34. The first kappa shape index (κ1) is 10.7. The first-order valence-corrected chi connectivity index (χ1v) is 5.24. The van der Waals surface area contributed by atoms with E-state index in [1.807, 2.05) is 31.3 Å². The first-order chi connectivity index (χ1) is 7.58. The molecule has 0 saturated heterocycles. The highest BCUT2D eigenvalue weighted by Gasteiger charge is 2.14. The van der Waals surface area contributed by atoms with E-state index in [0.29, 0.717) is 6.42 Å². The van der Waals surface area contributed by atoms with Gasteiger partial charge in [-0.05, 0) is 24.6 Å². The van der Waals surface area contributed by atoms with E-state index >= 15 is 0 Å². The number of carbonyl (C=O) groups is 1. The van der Waals surface area contributed by atoms with Gasteiger partial charge in [-0.2, -0.15) is 5.10 Å². The molecular weight excluding hydrogens is 204 g/mol. The fourth-order valence-corrected chi connectivity index (χ4v) is 1.71. The van der Waals surface area contributed by atoms with Crippen molar-refractivity contribution in [2.24, 2.45) is 5.92 Å². The minimum absolute atomic E-state index is 0.398. The highest BCUT2D eigenvalue weighted by atomic mass is 16.4. The van der Waals surface area contributed by atoms with Crippen molar-refractivity contribution in [3.63, 3.8) is 0 Å². The van der Waals surface area contributed by atoms with Crippen molar-refractivity contribution in [2.75, 3.05) is 0 Å². The van der Waals surface area contributed by atoms with Gasteiger partial charge in [0.05, 0.1) is 17.1 Å². The number of hydrogen-bond donors (Lipinski definition) is 1. The van der Waals surface area contributed by atoms with Crippen LogP contribution in [0.3, 0.4) is 0 Å². The van der Waals surface area contributed by atoms with E-state index in [0.717, 1.165) is 16.8 Å². The number of aromatic nitrogens is 2. The monoisotopic (exact) mass is 218 g/mol. The van der Waals surface area contributed by atoms with Crippen molar-refractivity contribution in [3.05, 3.63) is 35.7 Å². The maximum atomic E-state index is 10.8. The highest BCUT2D eigenvalue weighted by molar-refractivity contribution is 5.70. The predicted octanol–water partition coefficient (Wildman–Crippen LogP) is 1.91. The number of carboxylic acid groups (broad SMARTS) is 1. The fraction of sp³-hybridized carbons (Fsp3) is 0.333. The predicted molar refractivity (Wildman–Crippen MR) is 60.4 cm³/mol. The molecule has 0 aliphatic rings. The Bertz CT molecular complexity index is 531. The van der Waals surface area contributed by atoms with Gasteiger partial charge >= 0.3 is 5.97 Å². The Kier molecular flexibility index (Phi) is 2.64. The van der Waals surface area contributed by atoms with Gasteiger partial charge in [0.25, 0.3) is 0 Å². The number of carboxylic acids is 1. The molecule has 1 unspecified atom stereocenters. The summed E-state index contributed by atoms with van der Waals surface area (Å²) in [5, 5.41) is 13.2. The molecule has 0 spiro atoms. The van der Waals surface area contributed by atoms with Gasteiger partial charge in [0.1, 0.15) is 0 Å². The van der Waals surface area contributed by atoms with Gasteiger partial charge in [0, 0.05) is 12.6 Å². The van der Waals surface area contributed by atoms with Crippen molar-refractivity contribution in [3.8, 4) is 0 Å². The van der Waals surface area contributed by atoms with Crippen LogP contribution in [-0.2, 0) is 11.2 Å². The molecule has 0 bridgehead atoms. The molecule has 1 N–H and O–H groups in total. The molecule has 2 rings (SSSR count). The number of aliphatic carboxylic acids is 1. The maximum absolute atomic E-state index is 10.8. The summed E-state index contributed by atoms with van der Waals surface area (Å²) in [4.78, 5) is 10.8. The molecule has 2 aromatic rings. The van der Waals surface area contributed by atoms with E-state index in [-0.39, 0.29) is 0 Å². The Morgan fingerprint density at radius 3 is 3.00 bits per heavy atom. The van der Waals surface area contributed by atoms with Crippen molar-refractivity contribution in [2.45, 2.75) is 20.3 Å². The van der Waals surface area contributed by atoms with Gasteiger partial charge in [0.15, 0.2) is 0 Å². The highest BCUT2D eigenvalue weighted by Crippen LogP contribution is 2.14. The summed E-state index contributed by atoms with van der Waals surface area (Å²) in [5.74, 6) is -1.18. The Morgan fingerprint density at radius 1 is 1.62 bits per heavy atom. The fourth-order valence-electron chi connectivity index (χ4n) is 1.71. The SMILES string of the molecule is Cc1cccn2nc(CC(C)C(=O)O)cc12. The third-order valence-electron chi connectivity index (χ3n) is 2.70. The molecule has 0 fully saturated rings. The number of pyridine rings is 1. The van der Waals surface area contributed by atoms with E-state index in [4.69, 9.17) is 5.11 Å². The molecule has 0 aromatic carbocycles. The van der Waals surface area contributed by atoms with Crippen LogP contribution in [0.25, 0.3) is 5.52 Å². The minimum Gasteiger partial charge on any atom is -0.481 e. The van der Waals surface area contributed by atoms with E-state index in [1.165, 1.54) is 0 Å². The molecule has 0 aliphatic carbocycles. The van der Waals surface area contributed by atoms with Crippen molar-refractivity contribution < 1.29 is 9.90 Å². The molecular formula is C12H14N2O2. The molecule has 4 heteroatoms. The summed E-state index contributed by atoms with van der Waals surface area (Å²) >= 11 is 0. The molecule has 4 nitrogen and oxygen atoms in total. The Labute approximate surface area is 93.5 Å². The maximum Gasteiger partial charge on any atom is 0.306 e. The lowest BCUT2D eigenvalue weighted by Gasteiger charge is -2.01. The van der Waals surface area contributed by atoms with Crippen LogP contribution in [0.1, 0.15) is 18.2 Å². The number of fused-ring (bicyclic) bond motifs is 1. The summed E-state index contributed by atoms with van der Waals surface area (Å²) in [6, 6.07) is 5.90. The van der Waals surface area contributed by atoms with Gasteiger partial charge in [-0.1, -0.05) is 13.0 Å². The van der Waals surface area contributed by atoms with Crippen LogP contribution in [0.15, 0.2) is 24.4 Å². The number of rotatable bonds is 3. The van der Waals surface area contributed by atoms with Gasteiger partial charge < -0.3 is 5.11 Å². The lowest BCUT2D eigenvalue weighted by molar-refractivity contribution is -0.141. The third-order valence-corrected chi connectivity index (χ3v) is 2.70. The van der Waals surface area contributed by atoms with Crippen LogP contribution in [0.2, 0.25) is 0 Å². The second kappa shape index (κ2) is 3.96. The average Bonchev–Trinajstić information content (AvgIpc) is 2.61. The quantitative estimate of drug-likeness (QED) is 0.856. The van der Waals surface area contributed by atoms with Crippen LogP contribution < -0.4 is 0 Å². The van der Waals surface area contributed by atoms with E-state index in [2.05, 4.69) is 5.10 Å². The standard InChI is InChI=1S/C12H14N2O2/c1-8-4-3-5-14-11(8)7-10(13-14)6-9(2)12(15)16/h3-5,7,9H,6H2,1-2H3,(H,15,16). The molecule has 0 amide bonds. The Morgan fingerprint density at radius 2 is 2.38 bits per heavy atom. The van der Waals surface area contributed by atoms with Gasteiger partial charge in [0.2, 0.25) is 0 Å². The van der Waals surface area contributed by atoms with E-state index in [1.54, 1.807) is 11.4 Å². The zero-order valence-electron chi connectivity index (χ0n) is 9.34. The van der Waals surface area contributed by atoms with E-state index in [9.17, 15) is 4.79 Å². The Balaban J connectivity index is 2.33. The topological polar surface area (TPSA) is 54.6 Å². The third kappa shape index (κ3) is 1.91. The summed E-state index contributed by atoms with van der Waals surface area (Å²) in [6.45, 7) is 3.71. The van der Waals surface area contributed by atoms with Crippen molar-refractivity contribution in [1.29, 1.82) is 0 Å². The summed E-state index contributed by atoms with van der Waals surface area (Å²) < 4.78 is 1.79. The lowest BCUT2D eigenvalue weighted by Crippen LogP contribution is -2.12. The van der Waals surface area contributed by atoms with Crippen LogP contribution in [0.5, 0.6) is 0 Å². The molecule has 2 heterocycles. The molecule has 16 heavy (non-hydrogen) atoms. The lowest BCUT2D eigenvalue weighted by atomic mass is 10.1. The number of nitrogens with zero attached hydrogens (tertiary/aromatic N) is 2. The van der Waals surface area contributed by atoms with Crippen LogP contribution in [0, 0.1) is 12.8 Å². The summed E-state index contributed by atoms with van der Waals surface area (Å²) in [7, 11) is 0. The van der Waals surface area contributed by atoms with Gasteiger partial charge in [-0.25, -0.2) is 4.52 Å². The summed E-state index contributed by atoms with van der Waals surface area (Å²) in [5.41, 5.74) is 3.00. The van der Waals surface area contributed by atoms with Gasteiger partial charge in [-0.15, -0.1) is 0 Å². The van der Waals surface area contributed by atoms with Crippen molar-refractivity contribution >= 4 is 11.5 Å². The number of hydrogen-bond acceptors (Lipinski definition) is 2. The van der Waals surface area contributed by atoms with Crippen molar-refractivity contribution in [1.82, 2.24) is 9.61 Å². The minimum atomic E-state index is -0.784. The summed E-state index contributed by atoms with van der Waals surface area (Å²) in [6.07, 6.45) is 2.34.